The molecule has 1 aliphatic heterocycles. The van der Waals surface area contributed by atoms with Crippen molar-refractivity contribution in [1.82, 2.24) is 4.90 Å². The summed E-state index contributed by atoms with van der Waals surface area (Å²) in [7, 11) is 0. The van der Waals surface area contributed by atoms with Gasteiger partial charge in [-0.2, -0.15) is 0 Å². The van der Waals surface area contributed by atoms with Gasteiger partial charge in [-0.3, -0.25) is 14.5 Å². The molecule has 0 spiro atoms. The lowest BCUT2D eigenvalue weighted by Gasteiger charge is -2.13. The van der Waals surface area contributed by atoms with Gasteiger partial charge < -0.3 is 0 Å². The van der Waals surface area contributed by atoms with E-state index in [0.29, 0.717) is 29.8 Å². The van der Waals surface area contributed by atoms with Crippen LogP contribution >= 0.6 is 0 Å². The summed E-state index contributed by atoms with van der Waals surface area (Å²) in [6.45, 7) is 0.327. The number of rotatable bonds is 4. The molecule has 1 aliphatic rings. The number of carbonyl (C=O) groups is 2. The van der Waals surface area contributed by atoms with E-state index in [1.807, 2.05) is 12.1 Å². The topological polar surface area (TPSA) is 86.1 Å². The Morgan fingerprint density at radius 3 is 2.09 bits per heavy atom. The van der Waals surface area contributed by atoms with Gasteiger partial charge in [0.1, 0.15) is 0 Å². The number of hydrogen-bond acceptors (Lipinski definition) is 3. The van der Waals surface area contributed by atoms with Gasteiger partial charge in [-0.1, -0.05) is 41.5 Å². The van der Waals surface area contributed by atoms with E-state index in [1.54, 1.807) is 36.4 Å². The molecular formula is C16H12N4O2. The van der Waals surface area contributed by atoms with E-state index in [-0.39, 0.29) is 11.8 Å². The highest BCUT2D eigenvalue weighted by atomic mass is 16.2. The molecular weight excluding hydrogens is 280 g/mol. The van der Waals surface area contributed by atoms with Crippen molar-refractivity contribution in [1.29, 1.82) is 0 Å². The Balaban J connectivity index is 1.71. The predicted molar refractivity (Wildman–Crippen MR) is 80.8 cm³/mol. The van der Waals surface area contributed by atoms with Crippen LogP contribution in [0.4, 0.5) is 5.69 Å². The van der Waals surface area contributed by atoms with E-state index in [2.05, 4.69) is 10.0 Å². The van der Waals surface area contributed by atoms with E-state index < -0.39 is 0 Å². The number of benzene rings is 2. The lowest BCUT2D eigenvalue weighted by Crippen LogP contribution is -2.31. The van der Waals surface area contributed by atoms with E-state index >= 15 is 0 Å². The zero-order valence-corrected chi connectivity index (χ0v) is 11.6. The van der Waals surface area contributed by atoms with Crippen molar-refractivity contribution in [3.05, 3.63) is 75.7 Å². The quantitative estimate of drug-likeness (QED) is 0.374. The van der Waals surface area contributed by atoms with Crippen LogP contribution in [-0.2, 0) is 6.42 Å². The Hall–Kier alpha value is -3.11. The minimum atomic E-state index is -0.244. The Morgan fingerprint density at radius 2 is 1.55 bits per heavy atom. The molecule has 0 atom stereocenters. The molecule has 2 amide bonds. The van der Waals surface area contributed by atoms with Crippen molar-refractivity contribution in [2.24, 2.45) is 5.11 Å². The lowest BCUT2D eigenvalue weighted by molar-refractivity contribution is 0.0656. The van der Waals surface area contributed by atoms with Gasteiger partial charge in [0.05, 0.1) is 11.1 Å². The van der Waals surface area contributed by atoms with Gasteiger partial charge in [-0.05, 0) is 29.6 Å². The first kappa shape index (κ1) is 13.9. The first-order chi connectivity index (χ1) is 10.7. The van der Waals surface area contributed by atoms with Gasteiger partial charge in [0, 0.05) is 17.1 Å². The number of nitrogens with zero attached hydrogens (tertiary/aromatic N) is 4. The van der Waals surface area contributed by atoms with Crippen LogP contribution in [0, 0.1) is 0 Å². The number of fused-ring (bicyclic) bond motifs is 1. The molecule has 6 heteroatoms. The molecule has 6 nitrogen and oxygen atoms in total. The van der Waals surface area contributed by atoms with Gasteiger partial charge in [0.25, 0.3) is 11.8 Å². The van der Waals surface area contributed by atoms with Crippen molar-refractivity contribution in [3.8, 4) is 0 Å². The third kappa shape index (κ3) is 2.43. The fourth-order valence-electron chi connectivity index (χ4n) is 2.46. The van der Waals surface area contributed by atoms with E-state index in [4.69, 9.17) is 5.53 Å². The van der Waals surface area contributed by atoms with Crippen LogP contribution in [0.5, 0.6) is 0 Å². The molecule has 3 rings (SSSR count). The summed E-state index contributed by atoms with van der Waals surface area (Å²) in [5.41, 5.74) is 10.8. The summed E-state index contributed by atoms with van der Waals surface area (Å²) in [4.78, 5) is 28.4. The van der Waals surface area contributed by atoms with Crippen LogP contribution in [0.1, 0.15) is 26.3 Å². The zero-order chi connectivity index (χ0) is 15.5. The second-order valence-electron chi connectivity index (χ2n) is 4.91. The minimum absolute atomic E-state index is 0.244. The molecule has 1 heterocycles. The maximum absolute atomic E-state index is 12.2. The van der Waals surface area contributed by atoms with Crippen molar-refractivity contribution < 1.29 is 9.59 Å². The number of imide groups is 1. The molecule has 0 saturated carbocycles. The van der Waals surface area contributed by atoms with Crippen LogP contribution in [0.25, 0.3) is 10.4 Å². The molecule has 2 aromatic rings. The Kier molecular flexibility index (Phi) is 3.60. The van der Waals surface area contributed by atoms with Crippen molar-refractivity contribution in [2.75, 3.05) is 6.54 Å². The highest BCUT2D eigenvalue weighted by Crippen LogP contribution is 2.23. The third-order valence-corrected chi connectivity index (χ3v) is 3.60. The summed E-state index contributed by atoms with van der Waals surface area (Å²) >= 11 is 0. The fraction of sp³-hybridized carbons (Fsp3) is 0.125. The number of hydrogen-bond donors (Lipinski definition) is 0. The van der Waals surface area contributed by atoms with Crippen molar-refractivity contribution in [2.45, 2.75) is 6.42 Å². The van der Waals surface area contributed by atoms with Crippen molar-refractivity contribution >= 4 is 17.5 Å². The Morgan fingerprint density at radius 1 is 0.955 bits per heavy atom. The standard InChI is InChI=1S/C16H12N4O2/c17-19-18-12-7-5-11(6-8-12)9-10-20-15(21)13-3-1-2-4-14(13)16(20)22/h1-8H,9-10H2. The SMILES string of the molecule is [N-]=[N+]=Nc1ccc(CCN2C(=O)c3ccccc3C2=O)cc1. The summed E-state index contributed by atoms with van der Waals surface area (Å²) in [5.74, 6) is -0.488. The number of amides is 2. The smallest absolute Gasteiger partial charge is 0.261 e. The fourth-order valence-corrected chi connectivity index (χ4v) is 2.46. The average Bonchev–Trinajstić information content (AvgIpc) is 2.79. The molecule has 22 heavy (non-hydrogen) atoms. The van der Waals surface area contributed by atoms with Crippen LogP contribution in [0.15, 0.2) is 53.6 Å². The number of azide groups is 1. The molecule has 0 aliphatic carbocycles. The monoisotopic (exact) mass is 292 g/mol. The molecule has 0 aromatic heterocycles. The summed E-state index contributed by atoms with van der Waals surface area (Å²) in [5, 5.41) is 3.50. The normalized spacial score (nSPS) is 13.0. The molecule has 0 saturated heterocycles. The Bertz CT molecular complexity index is 757. The van der Waals surface area contributed by atoms with Gasteiger partial charge >= 0.3 is 0 Å². The average molecular weight is 292 g/mol. The molecule has 0 fully saturated rings. The highest BCUT2D eigenvalue weighted by molar-refractivity contribution is 6.21. The first-order valence-electron chi connectivity index (χ1n) is 6.80. The predicted octanol–water partition coefficient (Wildman–Crippen LogP) is 3.47. The summed E-state index contributed by atoms with van der Waals surface area (Å²) < 4.78 is 0. The van der Waals surface area contributed by atoms with Crippen LogP contribution in [-0.4, -0.2) is 23.3 Å². The molecule has 0 bridgehead atoms. The van der Waals surface area contributed by atoms with Gasteiger partial charge in [-0.15, -0.1) is 0 Å². The van der Waals surface area contributed by atoms with Crippen LogP contribution in [0.3, 0.4) is 0 Å². The molecule has 0 radical (unpaired) electrons. The van der Waals surface area contributed by atoms with Crippen molar-refractivity contribution in [3.63, 3.8) is 0 Å². The van der Waals surface area contributed by atoms with Gasteiger partial charge in [-0.25, -0.2) is 0 Å². The Labute approximate surface area is 126 Å². The second-order valence-corrected chi connectivity index (χ2v) is 4.91. The second kappa shape index (κ2) is 5.71. The summed E-state index contributed by atoms with van der Waals surface area (Å²) in [6.07, 6.45) is 0.558. The van der Waals surface area contributed by atoms with Crippen LogP contribution in [0.2, 0.25) is 0 Å². The molecule has 2 aromatic carbocycles. The van der Waals surface area contributed by atoms with E-state index in [9.17, 15) is 9.59 Å². The van der Waals surface area contributed by atoms with Gasteiger partial charge in [0.2, 0.25) is 0 Å². The van der Waals surface area contributed by atoms with Crippen LogP contribution < -0.4 is 0 Å². The highest BCUT2D eigenvalue weighted by Gasteiger charge is 2.34. The van der Waals surface area contributed by atoms with E-state index in [0.717, 1.165) is 5.56 Å². The van der Waals surface area contributed by atoms with E-state index in [1.165, 1.54) is 4.90 Å². The molecule has 108 valence electrons. The summed E-state index contributed by atoms with van der Waals surface area (Å²) in [6, 6.07) is 13.9. The maximum Gasteiger partial charge on any atom is 0.261 e. The zero-order valence-electron chi connectivity index (χ0n) is 11.6. The number of carbonyl (C=O) groups excluding carboxylic acids is 2. The van der Waals surface area contributed by atoms with Gasteiger partial charge in [0.15, 0.2) is 0 Å². The largest absolute Gasteiger partial charge is 0.274 e. The third-order valence-electron chi connectivity index (χ3n) is 3.60. The minimum Gasteiger partial charge on any atom is -0.274 e. The molecule has 0 unspecified atom stereocenters. The molecule has 0 N–H and O–H groups in total. The maximum atomic E-state index is 12.2. The first-order valence-corrected chi connectivity index (χ1v) is 6.80. The lowest BCUT2D eigenvalue weighted by atomic mass is 10.1.